The molecule has 6 nitrogen and oxygen atoms in total. The molecule has 1 aliphatic rings. The Kier molecular flexibility index (Phi) is 5.28. The normalized spacial score (nSPS) is 16.3. The average Bonchev–Trinajstić information content (AvgIpc) is 2.48. The summed E-state index contributed by atoms with van der Waals surface area (Å²) in [7, 11) is 7.39. The number of guanidine groups is 1. The molecule has 22 heavy (non-hydrogen) atoms. The molecular weight excluding hydrogens is 346 g/mol. The number of carbonyl (C=O) groups excluding carboxylic acids is 1. The van der Waals surface area contributed by atoms with E-state index in [1.807, 2.05) is 19.2 Å². The van der Waals surface area contributed by atoms with E-state index in [1.54, 1.807) is 30.9 Å². The molecular formula is C15H22BrN5O. The molecule has 1 heterocycles. The Morgan fingerprint density at radius 1 is 1.23 bits per heavy atom. The minimum Gasteiger partial charge on any atom is -0.341 e. The van der Waals surface area contributed by atoms with Gasteiger partial charge < -0.3 is 19.6 Å². The van der Waals surface area contributed by atoms with E-state index < -0.39 is 0 Å². The highest BCUT2D eigenvalue weighted by Crippen LogP contribution is 2.14. The van der Waals surface area contributed by atoms with Gasteiger partial charge in [-0.2, -0.15) is 0 Å². The molecule has 0 aromatic heterocycles. The van der Waals surface area contributed by atoms with Gasteiger partial charge in [-0.15, -0.1) is 0 Å². The maximum Gasteiger partial charge on any atom is 0.322 e. The number of nitrogens with zero attached hydrogens (tertiary/aromatic N) is 5. The van der Waals surface area contributed by atoms with E-state index >= 15 is 0 Å². The molecule has 0 saturated carbocycles. The molecule has 0 atom stereocenters. The molecule has 1 aromatic rings. The number of rotatable bonds is 2. The third kappa shape index (κ3) is 3.71. The zero-order valence-electron chi connectivity index (χ0n) is 13.5. The van der Waals surface area contributed by atoms with Gasteiger partial charge in [0.2, 0.25) is 0 Å². The van der Waals surface area contributed by atoms with Gasteiger partial charge in [-0.25, -0.2) is 4.79 Å². The topological polar surface area (TPSA) is 42.4 Å². The number of aliphatic imine (C=N–C) groups is 1. The summed E-state index contributed by atoms with van der Waals surface area (Å²) >= 11 is 3.45. The van der Waals surface area contributed by atoms with Crippen LogP contribution >= 0.6 is 15.9 Å². The van der Waals surface area contributed by atoms with Crippen molar-refractivity contribution in [1.82, 2.24) is 19.6 Å². The van der Waals surface area contributed by atoms with Crippen molar-refractivity contribution in [1.29, 1.82) is 0 Å². The van der Waals surface area contributed by atoms with Gasteiger partial charge in [0, 0.05) is 39.2 Å². The molecule has 1 saturated heterocycles. The van der Waals surface area contributed by atoms with Crippen LogP contribution in [0.25, 0.3) is 0 Å². The van der Waals surface area contributed by atoms with Gasteiger partial charge in [0.25, 0.3) is 0 Å². The molecule has 1 aromatic carbocycles. The van der Waals surface area contributed by atoms with Crippen molar-refractivity contribution in [3.05, 3.63) is 34.3 Å². The summed E-state index contributed by atoms with van der Waals surface area (Å²) in [6, 6.07) is 8.28. The Morgan fingerprint density at radius 3 is 2.27 bits per heavy atom. The second kappa shape index (κ2) is 7.00. The van der Waals surface area contributed by atoms with Gasteiger partial charge in [0.15, 0.2) is 5.96 Å². The van der Waals surface area contributed by atoms with Crippen LogP contribution in [-0.2, 0) is 6.54 Å². The average molecular weight is 368 g/mol. The van der Waals surface area contributed by atoms with Crippen molar-refractivity contribution in [3.8, 4) is 0 Å². The quantitative estimate of drug-likeness (QED) is 0.593. The number of halogens is 1. The third-order valence-corrected chi connectivity index (χ3v) is 4.10. The van der Waals surface area contributed by atoms with Crippen LogP contribution in [0.5, 0.6) is 0 Å². The van der Waals surface area contributed by atoms with Gasteiger partial charge in [0.05, 0.1) is 13.3 Å². The smallest absolute Gasteiger partial charge is 0.322 e. The summed E-state index contributed by atoms with van der Waals surface area (Å²) in [5.74, 6) is 0.870. The highest BCUT2D eigenvalue weighted by molar-refractivity contribution is 9.10. The fourth-order valence-electron chi connectivity index (χ4n) is 2.58. The molecule has 1 fully saturated rings. The number of amides is 2. The molecule has 0 aliphatic carbocycles. The third-order valence-electron chi connectivity index (χ3n) is 3.58. The molecule has 7 heteroatoms. The monoisotopic (exact) mass is 367 g/mol. The standard InChI is InChI=1S/C15H22BrN5O/c1-17-14(21-10-19(3)15(22)20(4)11-21)18(2)9-12-5-7-13(16)8-6-12/h5-8H,9-11H2,1-4H3/b17-14-. The Balaban J connectivity index is 2.07. The van der Waals surface area contributed by atoms with Crippen molar-refractivity contribution < 1.29 is 4.79 Å². The Bertz CT molecular complexity index is 546. The van der Waals surface area contributed by atoms with Crippen LogP contribution in [0.3, 0.4) is 0 Å². The highest BCUT2D eigenvalue weighted by atomic mass is 79.9. The van der Waals surface area contributed by atoms with Crippen LogP contribution < -0.4 is 0 Å². The largest absolute Gasteiger partial charge is 0.341 e. The van der Waals surface area contributed by atoms with Gasteiger partial charge in [-0.05, 0) is 17.7 Å². The molecule has 0 spiro atoms. The lowest BCUT2D eigenvalue weighted by molar-refractivity contribution is 0.0876. The van der Waals surface area contributed by atoms with Crippen molar-refractivity contribution in [2.45, 2.75) is 6.54 Å². The second-order valence-electron chi connectivity index (χ2n) is 5.51. The van der Waals surface area contributed by atoms with Crippen LogP contribution in [0, 0.1) is 0 Å². The lowest BCUT2D eigenvalue weighted by Crippen LogP contribution is -2.59. The van der Waals surface area contributed by atoms with Gasteiger partial charge in [-0.3, -0.25) is 4.99 Å². The van der Waals surface area contributed by atoms with Crippen LogP contribution in [0.15, 0.2) is 33.7 Å². The first kappa shape index (κ1) is 16.6. The minimum absolute atomic E-state index is 0.0299. The lowest BCUT2D eigenvalue weighted by atomic mass is 10.2. The summed E-state index contributed by atoms with van der Waals surface area (Å²) in [4.78, 5) is 23.8. The first-order valence-corrected chi connectivity index (χ1v) is 7.85. The molecule has 120 valence electrons. The molecule has 0 N–H and O–H groups in total. The van der Waals surface area contributed by atoms with Crippen molar-refractivity contribution >= 4 is 27.9 Å². The van der Waals surface area contributed by atoms with Crippen molar-refractivity contribution in [2.75, 3.05) is 41.5 Å². The van der Waals surface area contributed by atoms with Gasteiger partial charge in [-0.1, -0.05) is 28.1 Å². The van der Waals surface area contributed by atoms with E-state index in [0.717, 1.165) is 17.0 Å². The maximum atomic E-state index is 11.8. The summed E-state index contributed by atoms with van der Waals surface area (Å²) in [5, 5.41) is 0. The Morgan fingerprint density at radius 2 is 1.77 bits per heavy atom. The van der Waals surface area contributed by atoms with Crippen molar-refractivity contribution in [3.63, 3.8) is 0 Å². The number of benzene rings is 1. The first-order valence-electron chi connectivity index (χ1n) is 7.06. The maximum absolute atomic E-state index is 11.8. The number of carbonyl (C=O) groups is 1. The van der Waals surface area contributed by atoms with Crippen LogP contribution in [0.4, 0.5) is 4.79 Å². The molecule has 0 bridgehead atoms. The fourth-order valence-corrected chi connectivity index (χ4v) is 2.85. The Hall–Kier alpha value is -1.76. The van der Waals surface area contributed by atoms with E-state index in [1.165, 1.54) is 5.56 Å². The van der Waals surface area contributed by atoms with E-state index in [9.17, 15) is 4.79 Å². The van der Waals surface area contributed by atoms with E-state index in [0.29, 0.717) is 13.3 Å². The molecule has 2 rings (SSSR count). The lowest BCUT2D eigenvalue weighted by Gasteiger charge is -2.42. The molecule has 0 unspecified atom stereocenters. The Labute approximate surface area is 140 Å². The van der Waals surface area contributed by atoms with Crippen LogP contribution in [0.1, 0.15) is 5.56 Å². The van der Waals surface area contributed by atoms with E-state index in [-0.39, 0.29) is 6.03 Å². The number of hydrogen-bond donors (Lipinski definition) is 0. The summed E-state index contributed by atoms with van der Waals surface area (Å²) in [6.07, 6.45) is 0. The first-order chi connectivity index (χ1) is 10.4. The van der Waals surface area contributed by atoms with Crippen LogP contribution in [0.2, 0.25) is 0 Å². The SMILES string of the molecule is C/N=C(/N(C)Cc1ccc(Br)cc1)N1CN(C)C(=O)N(C)C1. The molecule has 2 amide bonds. The summed E-state index contributed by atoms with van der Waals surface area (Å²) < 4.78 is 1.07. The zero-order chi connectivity index (χ0) is 16.3. The zero-order valence-corrected chi connectivity index (χ0v) is 15.0. The predicted molar refractivity (Wildman–Crippen MR) is 91.5 cm³/mol. The predicted octanol–water partition coefficient (Wildman–Crippen LogP) is 2.08. The van der Waals surface area contributed by atoms with E-state index in [2.05, 4.69) is 42.9 Å². The minimum atomic E-state index is 0.0299. The fraction of sp³-hybridized carbons (Fsp3) is 0.467. The van der Waals surface area contributed by atoms with Crippen molar-refractivity contribution in [2.24, 2.45) is 4.99 Å². The highest BCUT2D eigenvalue weighted by Gasteiger charge is 2.28. The van der Waals surface area contributed by atoms with Gasteiger partial charge >= 0.3 is 6.03 Å². The molecule has 1 aliphatic heterocycles. The van der Waals surface area contributed by atoms with E-state index in [4.69, 9.17) is 0 Å². The summed E-state index contributed by atoms with van der Waals surface area (Å²) in [6.45, 7) is 1.85. The second-order valence-corrected chi connectivity index (χ2v) is 6.42. The van der Waals surface area contributed by atoms with Crippen LogP contribution in [-0.4, -0.2) is 73.1 Å². The van der Waals surface area contributed by atoms with Gasteiger partial charge in [0.1, 0.15) is 0 Å². The number of urea groups is 1. The number of hydrogen-bond acceptors (Lipinski definition) is 2. The molecule has 0 radical (unpaired) electrons. The summed E-state index contributed by atoms with van der Waals surface area (Å²) in [5.41, 5.74) is 1.21.